The fourth-order valence-corrected chi connectivity index (χ4v) is 3.42. The largest absolute Gasteiger partial charge is 0.342 e. The Morgan fingerprint density at radius 1 is 1.41 bits per heavy atom. The van der Waals surface area contributed by atoms with Gasteiger partial charge in [0.05, 0.1) is 0 Å². The highest BCUT2D eigenvalue weighted by atomic mass is 16.5. The van der Waals surface area contributed by atoms with Crippen LogP contribution in [0, 0.1) is 0 Å². The molecule has 3 aromatic heterocycles. The predicted octanol–water partition coefficient (Wildman–Crippen LogP) is 1.60. The van der Waals surface area contributed by atoms with Crippen LogP contribution in [0.1, 0.15) is 36.9 Å². The number of likely N-dealkylation sites (tertiary alicyclic amines) is 1. The van der Waals surface area contributed by atoms with Gasteiger partial charge in [-0.25, -0.2) is 0 Å². The first-order valence-electron chi connectivity index (χ1n) is 9.05. The monoisotopic (exact) mass is 367 g/mol. The quantitative estimate of drug-likeness (QED) is 0.675. The van der Waals surface area contributed by atoms with Crippen molar-refractivity contribution in [3.05, 3.63) is 42.6 Å². The molecule has 0 bridgehead atoms. The van der Waals surface area contributed by atoms with Crippen LogP contribution >= 0.6 is 0 Å². The molecule has 1 aliphatic rings. The first-order valence-corrected chi connectivity index (χ1v) is 9.05. The Labute approximate surface area is 156 Å². The van der Waals surface area contributed by atoms with Crippen LogP contribution in [0.4, 0.5) is 0 Å². The minimum absolute atomic E-state index is 0.1000. The van der Waals surface area contributed by atoms with Gasteiger partial charge in [0.15, 0.2) is 0 Å². The zero-order valence-corrected chi connectivity index (χ0v) is 15.2. The van der Waals surface area contributed by atoms with Gasteiger partial charge in [0.2, 0.25) is 17.6 Å². The number of pyridine rings is 1. The van der Waals surface area contributed by atoms with Crippen molar-refractivity contribution in [2.24, 2.45) is 7.05 Å². The SMILES string of the molecule is Cn1cnnc1C1CCCN(C(=O)CCc2nc(-c3cccnc3)no2)C1. The lowest BCUT2D eigenvalue weighted by Crippen LogP contribution is -2.39. The summed E-state index contributed by atoms with van der Waals surface area (Å²) < 4.78 is 7.20. The summed E-state index contributed by atoms with van der Waals surface area (Å²) >= 11 is 0. The maximum Gasteiger partial charge on any atom is 0.227 e. The molecule has 0 aromatic carbocycles. The number of aromatic nitrogens is 6. The normalized spacial score (nSPS) is 17.2. The number of aryl methyl sites for hydroxylation is 2. The smallest absolute Gasteiger partial charge is 0.227 e. The molecule has 1 atom stereocenters. The fourth-order valence-electron chi connectivity index (χ4n) is 3.42. The highest BCUT2D eigenvalue weighted by molar-refractivity contribution is 5.76. The van der Waals surface area contributed by atoms with Crippen molar-refractivity contribution in [2.45, 2.75) is 31.6 Å². The maximum absolute atomic E-state index is 12.6. The van der Waals surface area contributed by atoms with Crippen molar-refractivity contribution >= 4 is 5.91 Å². The molecular formula is C18H21N7O2. The number of piperidine rings is 1. The zero-order chi connectivity index (χ0) is 18.6. The van der Waals surface area contributed by atoms with Gasteiger partial charge in [0, 0.05) is 56.9 Å². The van der Waals surface area contributed by atoms with Crippen molar-refractivity contribution in [1.29, 1.82) is 0 Å². The summed E-state index contributed by atoms with van der Waals surface area (Å²) in [6.45, 7) is 1.45. The lowest BCUT2D eigenvalue weighted by atomic mass is 9.97. The standard InChI is InChI=1S/C18H21N7O2/c1-24-12-20-22-18(24)14-5-3-9-25(11-14)16(26)7-6-15-21-17(23-27-15)13-4-2-8-19-10-13/h2,4,8,10,12,14H,3,5-7,9,11H2,1H3. The summed E-state index contributed by atoms with van der Waals surface area (Å²) in [6.07, 6.45) is 7.84. The van der Waals surface area contributed by atoms with Gasteiger partial charge >= 0.3 is 0 Å². The summed E-state index contributed by atoms with van der Waals surface area (Å²) in [6, 6.07) is 3.69. The minimum Gasteiger partial charge on any atom is -0.342 e. The summed E-state index contributed by atoms with van der Waals surface area (Å²) in [5.74, 6) is 2.22. The third-order valence-corrected chi connectivity index (χ3v) is 4.83. The van der Waals surface area contributed by atoms with Crippen molar-refractivity contribution in [2.75, 3.05) is 13.1 Å². The second-order valence-electron chi connectivity index (χ2n) is 6.73. The topological polar surface area (TPSA) is 103 Å². The van der Waals surface area contributed by atoms with Crippen LogP contribution in [0.25, 0.3) is 11.4 Å². The highest BCUT2D eigenvalue weighted by Crippen LogP contribution is 2.25. The van der Waals surface area contributed by atoms with Gasteiger partial charge in [-0.05, 0) is 25.0 Å². The molecular weight excluding hydrogens is 346 g/mol. The highest BCUT2D eigenvalue weighted by Gasteiger charge is 2.27. The van der Waals surface area contributed by atoms with E-state index in [1.165, 1.54) is 0 Å². The Bertz CT molecular complexity index is 905. The van der Waals surface area contributed by atoms with E-state index in [9.17, 15) is 4.79 Å². The second-order valence-corrected chi connectivity index (χ2v) is 6.73. The number of rotatable bonds is 5. The summed E-state index contributed by atoms with van der Waals surface area (Å²) in [5, 5.41) is 12.1. The molecule has 0 N–H and O–H groups in total. The van der Waals surface area contributed by atoms with E-state index in [2.05, 4.69) is 25.3 Å². The molecule has 4 rings (SSSR count). The molecule has 9 heteroatoms. The van der Waals surface area contributed by atoms with Gasteiger partial charge in [-0.2, -0.15) is 4.98 Å². The lowest BCUT2D eigenvalue weighted by molar-refractivity contribution is -0.132. The number of hydrogen-bond acceptors (Lipinski definition) is 7. The first kappa shape index (κ1) is 17.3. The fraction of sp³-hybridized carbons (Fsp3) is 0.444. The number of carbonyl (C=O) groups is 1. The van der Waals surface area contributed by atoms with E-state index in [0.29, 0.717) is 31.1 Å². The molecule has 4 heterocycles. The van der Waals surface area contributed by atoms with Gasteiger partial charge in [-0.1, -0.05) is 5.16 Å². The third-order valence-electron chi connectivity index (χ3n) is 4.83. The van der Waals surface area contributed by atoms with Crippen LogP contribution in [0.3, 0.4) is 0 Å². The lowest BCUT2D eigenvalue weighted by Gasteiger charge is -2.32. The van der Waals surface area contributed by atoms with Crippen molar-refractivity contribution in [3.63, 3.8) is 0 Å². The van der Waals surface area contributed by atoms with Crippen LogP contribution in [-0.2, 0) is 18.3 Å². The Morgan fingerprint density at radius 3 is 3.11 bits per heavy atom. The van der Waals surface area contributed by atoms with E-state index in [0.717, 1.165) is 30.8 Å². The maximum atomic E-state index is 12.6. The molecule has 0 spiro atoms. The molecule has 0 radical (unpaired) electrons. The van der Waals surface area contributed by atoms with E-state index in [4.69, 9.17) is 4.52 Å². The van der Waals surface area contributed by atoms with Gasteiger partial charge in [-0.3, -0.25) is 9.78 Å². The summed E-state index contributed by atoms with van der Waals surface area (Å²) in [4.78, 5) is 22.9. The first-order chi connectivity index (χ1) is 13.2. The van der Waals surface area contributed by atoms with Crippen LogP contribution in [0.2, 0.25) is 0 Å². The van der Waals surface area contributed by atoms with Crippen LogP contribution in [0.5, 0.6) is 0 Å². The molecule has 1 aliphatic heterocycles. The van der Waals surface area contributed by atoms with E-state index in [-0.39, 0.29) is 11.8 Å². The number of carbonyl (C=O) groups excluding carboxylic acids is 1. The molecule has 3 aromatic rings. The van der Waals surface area contributed by atoms with Gasteiger partial charge in [-0.15, -0.1) is 10.2 Å². The molecule has 0 aliphatic carbocycles. The molecule has 1 fully saturated rings. The van der Waals surface area contributed by atoms with E-state index < -0.39 is 0 Å². The Morgan fingerprint density at radius 2 is 2.33 bits per heavy atom. The third kappa shape index (κ3) is 3.86. The minimum atomic E-state index is 0.1000. The Hall–Kier alpha value is -3.10. The molecule has 1 saturated heterocycles. The molecule has 140 valence electrons. The number of amides is 1. The van der Waals surface area contributed by atoms with Crippen molar-refractivity contribution < 1.29 is 9.32 Å². The van der Waals surface area contributed by atoms with E-state index >= 15 is 0 Å². The summed E-state index contributed by atoms with van der Waals surface area (Å²) in [7, 11) is 1.94. The van der Waals surface area contributed by atoms with Gasteiger partial charge in [0.1, 0.15) is 12.2 Å². The van der Waals surface area contributed by atoms with Crippen LogP contribution in [0.15, 0.2) is 35.4 Å². The number of nitrogens with zero attached hydrogens (tertiary/aromatic N) is 7. The average molecular weight is 367 g/mol. The Balaban J connectivity index is 1.34. The van der Waals surface area contributed by atoms with Gasteiger partial charge < -0.3 is 14.0 Å². The van der Waals surface area contributed by atoms with Crippen molar-refractivity contribution in [1.82, 2.24) is 34.8 Å². The molecule has 0 saturated carbocycles. The summed E-state index contributed by atoms with van der Waals surface area (Å²) in [5.41, 5.74) is 0.793. The molecule has 1 amide bonds. The number of hydrogen-bond donors (Lipinski definition) is 0. The van der Waals surface area contributed by atoms with Gasteiger partial charge in [0.25, 0.3) is 0 Å². The van der Waals surface area contributed by atoms with Crippen LogP contribution in [-0.4, -0.2) is 53.8 Å². The Kier molecular flexibility index (Phi) is 4.91. The molecule has 9 nitrogen and oxygen atoms in total. The molecule has 1 unspecified atom stereocenters. The second kappa shape index (κ2) is 7.65. The van der Waals surface area contributed by atoms with E-state index in [1.807, 2.05) is 28.6 Å². The predicted molar refractivity (Wildman–Crippen MR) is 95.4 cm³/mol. The van der Waals surface area contributed by atoms with E-state index in [1.54, 1.807) is 18.7 Å². The van der Waals surface area contributed by atoms with Crippen LogP contribution < -0.4 is 0 Å². The zero-order valence-electron chi connectivity index (χ0n) is 15.2. The van der Waals surface area contributed by atoms with Crippen molar-refractivity contribution in [3.8, 4) is 11.4 Å². The molecule has 27 heavy (non-hydrogen) atoms. The average Bonchev–Trinajstić information content (AvgIpc) is 3.36.